The number of carboxylic acid groups (broad SMARTS) is 1. The minimum absolute atomic E-state index is 0.00428. The van der Waals surface area contributed by atoms with E-state index in [1.54, 1.807) is 11.3 Å². The smallest absolute Gasteiger partial charge is 0.307 e. The first-order chi connectivity index (χ1) is 14.2. The Morgan fingerprint density at radius 1 is 1.14 bits per heavy atom. The van der Waals surface area contributed by atoms with E-state index in [2.05, 4.69) is 39.9 Å². The molecule has 0 amide bonds. The number of likely N-dealkylation sites (tertiary alicyclic amines) is 1. The van der Waals surface area contributed by atoms with Crippen LogP contribution in [-0.2, 0) is 11.4 Å². The van der Waals surface area contributed by atoms with Crippen LogP contribution >= 0.6 is 11.3 Å². The van der Waals surface area contributed by atoms with Gasteiger partial charge in [-0.3, -0.25) is 9.69 Å². The second kappa shape index (κ2) is 9.25. The number of hydrogen-bond acceptors (Lipinski definition) is 4. The van der Waals surface area contributed by atoms with E-state index in [0.29, 0.717) is 13.2 Å². The molecule has 1 saturated heterocycles. The number of rotatable bonds is 7. The Hall–Kier alpha value is -2.63. The maximum absolute atomic E-state index is 11.6. The van der Waals surface area contributed by atoms with Gasteiger partial charge in [0.05, 0.1) is 12.0 Å². The molecule has 2 unspecified atom stereocenters. The number of carbonyl (C=O) groups is 1. The molecule has 29 heavy (non-hydrogen) atoms. The van der Waals surface area contributed by atoms with Gasteiger partial charge in [-0.25, -0.2) is 0 Å². The summed E-state index contributed by atoms with van der Waals surface area (Å²) in [6.45, 7) is 1.95. The molecule has 1 aliphatic heterocycles. The minimum atomic E-state index is -0.701. The van der Waals surface area contributed by atoms with Crippen LogP contribution in [0, 0.1) is 5.92 Å². The summed E-state index contributed by atoms with van der Waals surface area (Å²) in [6.07, 6.45) is 1.64. The Balaban J connectivity index is 1.64. The number of aliphatic carboxylic acids is 1. The quantitative estimate of drug-likeness (QED) is 0.584. The van der Waals surface area contributed by atoms with Crippen molar-refractivity contribution >= 4 is 17.3 Å². The van der Waals surface area contributed by atoms with Gasteiger partial charge in [-0.15, -0.1) is 0 Å². The number of thiophene rings is 1. The van der Waals surface area contributed by atoms with Crippen molar-refractivity contribution in [3.63, 3.8) is 0 Å². The van der Waals surface area contributed by atoms with Gasteiger partial charge in [-0.1, -0.05) is 48.5 Å². The average molecular weight is 408 g/mol. The lowest BCUT2D eigenvalue weighted by Crippen LogP contribution is -2.41. The van der Waals surface area contributed by atoms with E-state index in [-0.39, 0.29) is 12.0 Å². The fourth-order valence-electron chi connectivity index (χ4n) is 4.03. The molecule has 2 atom stereocenters. The van der Waals surface area contributed by atoms with E-state index in [0.717, 1.165) is 36.3 Å². The number of nitrogens with zero attached hydrogens (tertiary/aromatic N) is 1. The van der Waals surface area contributed by atoms with Gasteiger partial charge >= 0.3 is 5.97 Å². The van der Waals surface area contributed by atoms with E-state index in [1.165, 1.54) is 5.56 Å². The molecule has 3 aromatic rings. The van der Waals surface area contributed by atoms with E-state index in [4.69, 9.17) is 4.74 Å². The molecule has 5 heteroatoms. The zero-order chi connectivity index (χ0) is 20.1. The van der Waals surface area contributed by atoms with Crippen LogP contribution in [0.5, 0.6) is 5.75 Å². The highest BCUT2D eigenvalue weighted by molar-refractivity contribution is 7.08. The van der Waals surface area contributed by atoms with Crippen LogP contribution in [0.1, 0.15) is 35.6 Å². The molecule has 0 aliphatic carbocycles. The number of para-hydroxylation sites is 1. The number of ether oxygens (including phenoxy) is 1. The number of carboxylic acids is 1. The summed E-state index contributed by atoms with van der Waals surface area (Å²) in [5.74, 6) is -0.167. The minimum Gasteiger partial charge on any atom is -0.489 e. The third-order valence-electron chi connectivity index (χ3n) is 5.48. The molecule has 150 valence electrons. The first-order valence-electron chi connectivity index (χ1n) is 9.97. The van der Waals surface area contributed by atoms with Crippen LogP contribution in [0.15, 0.2) is 71.4 Å². The highest BCUT2D eigenvalue weighted by atomic mass is 32.1. The largest absolute Gasteiger partial charge is 0.489 e. The third kappa shape index (κ3) is 4.69. The van der Waals surface area contributed by atoms with Gasteiger partial charge in [0, 0.05) is 12.1 Å². The van der Waals surface area contributed by atoms with Gasteiger partial charge < -0.3 is 9.84 Å². The maximum Gasteiger partial charge on any atom is 0.307 e. The van der Waals surface area contributed by atoms with Gasteiger partial charge in [-0.05, 0) is 53.4 Å². The Bertz CT molecular complexity index is 926. The summed E-state index contributed by atoms with van der Waals surface area (Å²) in [4.78, 5) is 13.9. The first-order valence-corrected chi connectivity index (χ1v) is 10.9. The molecular formula is C24H25NO3S. The predicted octanol–water partition coefficient (Wildman–Crippen LogP) is 5.21. The van der Waals surface area contributed by atoms with Crippen LogP contribution in [0.2, 0.25) is 0 Å². The fourth-order valence-corrected chi connectivity index (χ4v) is 4.71. The summed E-state index contributed by atoms with van der Waals surface area (Å²) in [7, 11) is 0. The zero-order valence-corrected chi connectivity index (χ0v) is 17.1. The van der Waals surface area contributed by atoms with Gasteiger partial charge in [0.25, 0.3) is 0 Å². The highest BCUT2D eigenvalue weighted by Gasteiger charge is 2.32. The monoisotopic (exact) mass is 407 g/mol. The van der Waals surface area contributed by atoms with Crippen LogP contribution in [0.25, 0.3) is 0 Å². The Labute approximate surface area is 175 Å². The van der Waals surface area contributed by atoms with E-state index in [9.17, 15) is 9.90 Å². The van der Waals surface area contributed by atoms with E-state index in [1.807, 2.05) is 36.4 Å². The summed E-state index contributed by atoms with van der Waals surface area (Å²) in [5.41, 5.74) is 3.41. The fraction of sp³-hybridized carbons (Fsp3) is 0.292. The molecule has 1 aromatic heterocycles. The van der Waals surface area contributed by atoms with E-state index < -0.39 is 5.97 Å². The van der Waals surface area contributed by atoms with Crippen molar-refractivity contribution in [2.45, 2.75) is 25.5 Å². The highest BCUT2D eigenvalue weighted by Crippen LogP contribution is 2.38. The third-order valence-corrected chi connectivity index (χ3v) is 6.18. The number of hydrogen-bond donors (Lipinski definition) is 1. The molecule has 0 saturated carbocycles. The van der Waals surface area contributed by atoms with Gasteiger partial charge in [0.2, 0.25) is 0 Å². The Kier molecular flexibility index (Phi) is 6.27. The molecule has 1 N–H and O–H groups in total. The summed E-state index contributed by atoms with van der Waals surface area (Å²) in [6, 6.07) is 20.4. The molecule has 2 aromatic carbocycles. The van der Waals surface area contributed by atoms with Gasteiger partial charge in [0.15, 0.2) is 0 Å². The lowest BCUT2D eigenvalue weighted by Gasteiger charge is -2.37. The van der Waals surface area contributed by atoms with Crippen molar-refractivity contribution in [3.05, 3.63) is 88.1 Å². The van der Waals surface area contributed by atoms with Crippen LogP contribution in [0.3, 0.4) is 0 Å². The summed E-state index contributed by atoms with van der Waals surface area (Å²) >= 11 is 1.67. The molecule has 4 nitrogen and oxygen atoms in total. The Morgan fingerprint density at radius 2 is 1.93 bits per heavy atom. The molecule has 0 bridgehead atoms. The summed E-state index contributed by atoms with van der Waals surface area (Å²) in [5, 5.41) is 13.8. The molecule has 4 rings (SSSR count). The second-order valence-electron chi connectivity index (χ2n) is 7.44. The predicted molar refractivity (Wildman–Crippen MR) is 115 cm³/mol. The van der Waals surface area contributed by atoms with E-state index >= 15 is 0 Å². The number of piperidine rings is 1. The van der Waals surface area contributed by atoms with Crippen LogP contribution in [0.4, 0.5) is 0 Å². The molecule has 0 spiro atoms. The molecular weight excluding hydrogens is 382 g/mol. The first kappa shape index (κ1) is 19.7. The standard InChI is InChI=1S/C24H25NO3S/c26-24(27)19-9-6-13-25(15-19)23(20-12-14-29-17-20)21-10-4-5-11-22(21)28-16-18-7-2-1-3-8-18/h1-5,7-8,10-12,14,17,19,23H,6,9,13,15-16H2,(H,26,27). The maximum atomic E-state index is 11.6. The molecule has 0 radical (unpaired) electrons. The van der Waals surface area contributed by atoms with Crippen molar-refractivity contribution in [2.75, 3.05) is 13.1 Å². The van der Waals surface area contributed by atoms with Crippen molar-refractivity contribution in [3.8, 4) is 5.75 Å². The average Bonchev–Trinajstić information content (AvgIpc) is 3.28. The zero-order valence-electron chi connectivity index (χ0n) is 16.2. The lowest BCUT2D eigenvalue weighted by atomic mass is 9.92. The van der Waals surface area contributed by atoms with Crippen molar-refractivity contribution in [1.29, 1.82) is 0 Å². The SMILES string of the molecule is O=C(O)C1CCCN(C(c2ccsc2)c2ccccc2OCc2ccccc2)C1. The Morgan fingerprint density at radius 3 is 2.69 bits per heavy atom. The van der Waals surface area contributed by atoms with Crippen molar-refractivity contribution in [1.82, 2.24) is 4.90 Å². The van der Waals surface area contributed by atoms with Crippen molar-refractivity contribution in [2.24, 2.45) is 5.92 Å². The molecule has 2 heterocycles. The van der Waals surface area contributed by atoms with Crippen LogP contribution < -0.4 is 4.74 Å². The van der Waals surface area contributed by atoms with Gasteiger partial charge in [-0.2, -0.15) is 11.3 Å². The normalized spacial score (nSPS) is 18.3. The van der Waals surface area contributed by atoms with Crippen molar-refractivity contribution < 1.29 is 14.6 Å². The van der Waals surface area contributed by atoms with Gasteiger partial charge in [0.1, 0.15) is 12.4 Å². The summed E-state index contributed by atoms with van der Waals surface area (Å²) < 4.78 is 6.23. The molecule has 1 fully saturated rings. The van der Waals surface area contributed by atoms with Crippen LogP contribution in [-0.4, -0.2) is 29.1 Å². The second-order valence-corrected chi connectivity index (χ2v) is 8.22. The topological polar surface area (TPSA) is 49.8 Å². The lowest BCUT2D eigenvalue weighted by molar-refractivity contribution is -0.143. The molecule has 1 aliphatic rings. The number of benzene rings is 2.